The zero-order chi connectivity index (χ0) is 15.2. The van der Waals surface area contributed by atoms with Crippen molar-refractivity contribution in [1.82, 2.24) is 15.3 Å². The number of hydrogen-bond donors (Lipinski definition) is 1. The summed E-state index contributed by atoms with van der Waals surface area (Å²) in [5, 5.41) is 3.34. The molecular formula is C16H22N4O. The first-order valence-electron chi connectivity index (χ1n) is 7.03. The number of nitrogens with one attached hydrogen (secondary N) is 1. The van der Waals surface area contributed by atoms with Crippen LogP contribution in [-0.2, 0) is 6.54 Å². The van der Waals surface area contributed by atoms with Crippen LogP contribution in [-0.4, -0.2) is 30.2 Å². The Morgan fingerprint density at radius 1 is 1.24 bits per heavy atom. The van der Waals surface area contributed by atoms with Crippen molar-refractivity contribution in [2.45, 2.75) is 26.4 Å². The first kappa shape index (κ1) is 15.3. The van der Waals surface area contributed by atoms with Gasteiger partial charge >= 0.3 is 0 Å². The lowest BCUT2D eigenvalue weighted by molar-refractivity contribution is 0.415. The summed E-state index contributed by atoms with van der Waals surface area (Å²) in [4.78, 5) is 10.9. The Kier molecular flexibility index (Phi) is 5.11. The molecule has 21 heavy (non-hydrogen) atoms. The molecule has 1 aromatic heterocycles. The molecule has 0 fully saturated rings. The van der Waals surface area contributed by atoms with Crippen LogP contribution in [0.2, 0.25) is 0 Å². The van der Waals surface area contributed by atoms with Crippen molar-refractivity contribution in [3.63, 3.8) is 0 Å². The Morgan fingerprint density at radius 3 is 2.71 bits per heavy atom. The van der Waals surface area contributed by atoms with Crippen molar-refractivity contribution in [2.24, 2.45) is 0 Å². The van der Waals surface area contributed by atoms with Gasteiger partial charge in [-0.15, -0.1) is 0 Å². The second kappa shape index (κ2) is 7.04. The molecule has 2 aromatic rings. The van der Waals surface area contributed by atoms with Crippen molar-refractivity contribution < 1.29 is 4.74 Å². The molecule has 0 saturated heterocycles. The molecule has 0 aliphatic heterocycles. The van der Waals surface area contributed by atoms with E-state index in [2.05, 4.69) is 29.1 Å². The third-order valence-corrected chi connectivity index (χ3v) is 3.15. The van der Waals surface area contributed by atoms with Crippen LogP contribution in [0.3, 0.4) is 0 Å². The molecule has 1 N–H and O–H groups in total. The molecule has 0 aliphatic carbocycles. The van der Waals surface area contributed by atoms with Gasteiger partial charge in [-0.3, -0.25) is 4.98 Å². The summed E-state index contributed by atoms with van der Waals surface area (Å²) in [6.45, 7) is 4.93. The van der Waals surface area contributed by atoms with E-state index in [0.29, 0.717) is 12.6 Å². The largest absolute Gasteiger partial charge is 0.495 e. The predicted molar refractivity (Wildman–Crippen MR) is 85.1 cm³/mol. The van der Waals surface area contributed by atoms with Crippen LogP contribution in [0.25, 0.3) is 0 Å². The monoisotopic (exact) mass is 286 g/mol. The van der Waals surface area contributed by atoms with Crippen LogP contribution >= 0.6 is 0 Å². The average molecular weight is 286 g/mol. The van der Waals surface area contributed by atoms with Crippen LogP contribution in [0.1, 0.15) is 19.5 Å². The second-order valence-corrected chi connectivity index (χ2v) is 5.14. The highest BCUT2D eigenvalue weighted by Gasteiger charge is 2.11. The lowest BCUT2D eigenvalue weighted by Gasteiger charge is -2.21. The predicted octanol–water partition coefficient (Wildman–Crippen LogP) is 2.75. The maximum absolute atomic E-state index is 5.39. The molecule has 0 radical (unpaired) electrons. The molecule has 5 nitrogen and oxygen atoms in total. The molecular weight excluding hydrogens is 264 g/mol. The zero-order valence-corrected chi connectivity index (χ0v) is 13.0. The standard InChI is InChI=1S/C16H22N4O/c1-12(2)18-10-13-9-17-11-16(19-13)20(3)14-7-5-6-8-15(14)21-4/h5-9,11-12,18H,10H2,1-4H3. The van der Waals surface area contributed by atoms with Crippen LogP contribution in [0.15, 0.2) is 36.7 Å². The van der Waals surface area contributed by atoms with Gasteiger partial charge in [-0.25, -0.2) is 4.98 Å². The molecule has 5 heteroatoms. The first-order valence-corrected chi connectivity index (χ1v) is 7.03. The molecule has 1 aromatic carbocycles. The number of ether oxygens (including phenoxy) is 1. The SMILES string of the molecule is COc1ccccc1N(C)c1cncc(CNC(C)C)n1. The molecule has 0 spiro atoms. The summed E-state index contributed by atoms with van der Waals surface area (Å²) in [5.41, 5.74) is 1.88. The number of aromatic nitrogens is 2. The Labute approximate surface area is 126 Å². The van der Waals surface area contributed by atoms with Crippen molar-refractivity contribution >= 4 is 11.5 Å². The molecule has 112 valence electrons. The third kappa shape index (κ3) is 3.92. The van der Waals surface area contributed by atoms with Gasteiger partial charge in [-0.2, -0.15) is 0 Å². The van der Waals surface area contributed by atoms with E-state index in [9.17, 15) is 0 Å². The van der Waals surface area contributed by atoms with Gasteiger partial charge < -0.3 is 15.0 Å². The summed E-state index contributed by atoms with van der Waals surface area (Å²) in [6, 6.07) is 8.28. The van der Waals surface area contributed by atoms with Gasteiger partial charge in [-0.1, -0.05) is 26.0 Å². The number of methoxy groups -OCH3 is 1. The highest BCUT2D eigenvalue weighted by molar-refractivity contribution is 5.65. The Bertz CT molecular complexity index is 586. The van der Waals surface area contributed by atoms with Crippen LogP contribution < -0.4 is 15.0 Å². The molecule has 0 aliphatic rings. The molecule has 1 heterocycles. The minimum Gasteiger partial charge on any atom is -0.495 e. The van der Waals surface area contributed by atoms with Gasteiger partial charge in [0.05, 0.1) is 24.7 Å². The lowest BCUT2D eigenvalue weighted by Crippen LogP contribution is -2.23. The highest BCUT2D eigenvalue weighted by Crippen LogP contribution is 2.30. The first-order chi connectivity index (χ1) is 10.1. The van der Waals surface area contributed by atoms with Crippen molar-refractivity contribution in [3.05, 3.63) is 42.4 Å². The summed E-state index contributed by atoms with van der Waals surface area (Å²) in [7, 11) is 3.63. The minimum atomic E-state index is 0.419. The third-order valence-electron chi connectivity index (χ3n) is 3.15. The van der Waals surface area contributed by atoms with Gasteiger partial charge in [-0.05, 0) is 12.1 Å². The van der Waals surface area contributed by atoms with Gasteiger partial charge in [0.2, 0.25) is 0 Å². The minimum absolute atomic E-state index is 0.419. The van der Waals surface area contributed by atoms with Crippen molar-refractivity contribution in [3.8, 4) is 5.75 Å². The highest BCUT2D eigenvalue weighted by atomic mass is 16.5. The number of nitrogens with zero attached hydrogens (tertiary/aromatic N) is 3. The number of rotatable bonds is 6. The molecule has 0 unspecified atom stereocenters. The van der Waals surface area contributed by atoms with Crippen molar-refractivity contribution in [2.75, 3.05) is 19.1 Å². The zero-order valence-electron chi connectivity index (χ0n) is 13.0. The molecule has 0 bridgehead atoms. The second-order valence-electron chi connectivity index (χ2n) is 5.14. The number of hydrogen-bond acceptors (Lipinski definition) is 5. The van der Waals surface area contributed by atoms with E-state index in [0.717, 1.165) is 22.9 Å². The molecule has 0 amide bonds. The fourth-order valence-corrected chi connectivity index (χ4v) is 1.98. The van der Waals surface area contributed by atoms with Crippen LogP contribution in [0.5, 0.6) is 5.75 Å². The molecule has 0 saturated carbocycles. The Balaban J connectivity index is 2.22. The van der Waals surface area contributed by atoms with E-state index < -0.39 is 0 Å². The Hall–Kier alpha value is -2.14. The van der Waals surface area contributed by atoms with E-state index in [1.54, 1.807) is 19.5 Å². The fraction of sp³-hybridized carbons (Fsp3) is 0.375. The average Bonchev–Trinajstić information content (AvgIpc) is 2.52. The van der Waals surface area contributed by atoms with E-state index in [1.165, 1.54) is 0 Å². The number of anilines is 2. The quantitative estimate of drug-likeness (QED) is 0.885. The van der Waals surface area contributed by atoms with E-state index in [-0.39, 0.29) is 0 Å². The smallest absolute Gasteiger partial charge is 0.151 e. The van der Waals surface area contributed by atoms with Crippen LogP contribution in [0.4, 0.5) is 11.5 Å². The van der Waals surface area contributed by atoms with Crippen molar-refractivity contribution in [1.29, 1.82) is 0 Å². The van der Waals surface area contributed by atoms with Gasteiger partial charge in [0.15, 0.2) is 5.82 Å². The van der Waals surface area contributed by atoms with Gasteiger partial charge in [0, 0.05) is 25.8 Å². The normalized spacial score (nSPS) is 10.7. The molecule has 2 rings (SSSR count). The Morgan fingerprint density at radius 2 is 2.00 bits per heavy atom. The summed E-state index contributed by atoms with van der Waals surface area (Å²) in [5.74, 6) is 1.61. The van der Waals surface area contributed by atoms with Crippen LogP contribution in [0, 0.1) is 0 Å². The summed E-state index contributed by atoms with van der Waals surface area (Å²) >= 11 is 0. The summed E-state index contributed by atoms with van der Waals surface area (Å²) in [6.07, 6.45) is 3.54. The number of para-hydroxylation sites is 2. The topological polar surface area (TPSA) is 50.3 Å². The van der Waals surface area contributed by atoms with E-state index in [1.807, 2.05) is 36.2 Å². The van der Waals surface area contributed by atoms with E-state index in [4.69, 9.17) is 4.74 Å². The fourth-order valence-electron chi connectivity index (χ4n) is 1.98. The van der Waals surface area contributed by atoms with E-state index >= 15 is 0 Å². The molecule has 0 atom stereocenters. The van der Waals surface area contributed by atoms with Gasteiger partial charge in [0.1, 0.15) is 5.75 Å². The lowest BCUT2D eigenvalue weighted by atomic mass is 10.2. The maximum atomic E-state index is 5.39. The maximum Gasteiger partial charge on any atom is 0.151 e. The summed E-state index contributed by atoms with van der Waals surface area (Å²) < 4.78 is 5.39. The van der Waals surface area contributed by atoms with Gasteiger partial charge in [0.25, 0.3) is 0 Å². The number of benzene rings is 1.